The molecule has 0 radical (unpaired) electrons. The highest BCUT2D eigenvalue weighted by molar-refractivity contribution is 6.31. The molecule has 0 bridgehead atoms. The molecule has 0 aliphatic heterocycles. The molecule has 0 unspecified atom stereocenters. The number of aromatic nitrogens is 2. The molecule has 0 atom stereocenters. The summed E-state index contributed by atoms with van der Waals surface area (Å²) in [5, 5.41) is 10.0. The van der Waals surface area contributed by atoms with Crippen LogP contribution in [0.2, 0.25) is 5.02 Å². The first-order valence-electron chi connectivity index (χ1n) is 6.15. The predicted molar refractivity (Wildman–Crippen MR) is 76.1 cm³/mol. The normalized spacial score (nSPS) is 10.3. The van der Waals surface area contributed by atoms with Crippen LogP contribution in [0, 0.1) is 6.92 Å². The zero-order valence-electron chi connectivity index (χ0n) is 11.2. The third-order valence-corrected chi connectivity index (χ3v) is 2.93. The number of halogens is 1. The van der Waals surface area contributed by atoms with Crippen molar-refractivity contribution in [3.8, 4) is 0 Å². The number of aryl methyl sites for hydroxylation is 1. The minimum absolute atomic E-state index is 0.197. The summed E-state index contributed by atoms with van der Waals surface area (Å²) in [6.45, 7) is 2.15. The van der Waals surface area contributed by atoms with Crippen LogP contribution in [0.25, 0.3) is 0 Å². The van der Waals surface area contributed by atoms with E-state index in [4.69, 9.17) is 16.1 Å². The number of nitrogens with one attached hydrogen (secondary N) is 2. The third kappa shape index (κ3) is 3.48. The van der Waals surface area contributed by atoms with Crippen LogP contribution in [0.3, 0.4) is 0 Å². The lowest BCUT2D eigenvalue weighted by Crippen LogP contribution is -2.26. The van der Waals surface area contributed by atoms with Crippen molar-refractivity contribution >= 4 is 23.2 Å². The van der Waals surface area contributed by atoms with Gasteiger partial charge in [0.15, 0.2) is 5.82 Å². The van der Waals surface area contributed by atoms with Gasteiger partial charge >= 0.3 is 0 Å². The van der Waals surface area contributed by atoms with Crippen molar-refractivity contribution in [1.82, 2.24) is 15.5 Å². The van der Waals surface area contributed by atoms with Gasteiger partial charge in [0.2, 0.25) is 5.89 Å². The first-order valence-corrected chi connectivity index (χ1v) is 6.52. The van der Waals surface area contributed by atoms with Crippen molar-refractivity contribution in [2.24, 2.45) is 0 Å². The Morgan fingerprint density at radius 2 is 2.25 bits per heavy atom. The van der Waals surface area contributed by atoms with Crippen LogP contribution in [0.15, 0.2) is 22.7 Å². The number of rotatable bonds is 5. The Balaban J connectivity index is 1.96. The Labute approximate surface area is 121 Å². The van der Waals surface area contributed by atoms with Crippen LogP contribution in [-0.2, 0) is 6.42 Å². The van der Waals surface area contributed by atoms with Gasteiger partial charge in [-0.25, -0.2) is 0 Å². The number of amides is 1. The van der Waals surface area contributed by atoms with E-state index in [1.807, 2.05) is 0 Å². The molecule has 2 rings (SSSR count). The van der Waals surface area contributed by atoms with E-state index in [9.17, 15) is 4.79 Å². The number of nitrogens with zero attached hydrogens (tertiary/aromatic N) is 2. The molecular formula is C13H15ClN4O2. The van der Waals surface area contributed by atoms with Gasteiger partial charge < -0.3 is 15.2 Å². The zero-order valence-corrected chi connectivity index (χ0v) is 12.0. The monoisotopic (exact) mass is 294 g/mol. The molecule has 0 saturated carbocycles. The van der Waals surface area contributed by atoms with Gasteiger partial charge in [-0.05, 0) is 18.2 Å². The number of hydrogen-bond acceptors (Lipinski definition) is 5. The van der Waals surface area contributed by atoms with Gasteiger partial charge in [-0.3, -0.25) is 4.79 Å². The highest BCUT2D eigenvalue weighted by atomic mass is 35.5. The predicted octanol–water partition coefficient (Wildman–Crippen LogP) is 2.05. The second-order valence-corrected chi connectivity index (χ2v) is 4.61. The molecule has 106 valence electrons. The average molecular weight is 295 g/mol. The SMILES string of the molecule is CNc1ccc(Cl)cc1C(=O)NCCc1noc(C)n1. The number of carbonyl (C=O) groups excluding carboxylic acids is 1. The molecule has 0 fully saturated rings. The minimum Gasteiger partial charge on any atom is -0.387 e. The fourth-order valence-corrected chi connectivity index (χ4v) is 1.92. The van der Waals surface area contributed by atoms with Gasteiger partial charge in [0.1, 0.15) is 0 Å². The van der Waals surface area contributed by atoms with E-state index in [0.717, 1.165) is 5.69 Å². The molecule has 0 aliphatic carbocycles. The summed E-state index contributed by atoms with van der Waals surface area (Å²) in [7, 11) is 1.75. The lowest BCUT2D eigenvalue weighted by atomic mass is 10.1. The smallest absolute Gasteiger partial charge is 0.253 e. The van der Waals surface area contributed by atoms with Crippen molar-refractivity contribution in [1.29, 1.82) is 0 Å². The molecule has 1 aromatic carbocycles. The fourth-order valence-electron chi connectivity index (χ4n) is 1.75. The molecule has 1 aromatic heterocycles. The summed E-state index contributed by atoms with van der Waals surface area (Å²) in [6.07, 6.45) is 0.512. The molecule has 0 aliphatic rings. The van der Waals surface area contributed by atoms with E-state index in [2.05, 4.69) is 20.8 Å². The quantitative estimate of drug-likeness (QED) is 0.882. The average Bonchev–Trinajstić information content (AvgIpc) is 2.84. The number of benzene rings is 1. The fraction of sp³-hybridized carbons (Fsp3) is 0.308. The van der Waals surface area contributed by atoms with Crippen molar-refractivity contribution in [3.05, 3.63) is 40.5 Å². The molecule has 7 heteroatoms. The molecule has 1 heterocycles. The first-order chi connectivity index (χ1) is 9.60. The molecular weight excluding hydrogens is 280 g/mol. The lowest BCUT2D eigenvalue weighted by Gasteiger charge is -2.09. The summed E-state index contributed by atoms with van der Waals surface area (Å²) in [4.78, 5) is 16.2. The van der Waals surface area contributed by atoms with E-state index in [-0.39, 0.29) is 5.91 Å². The Hall–Kier alpha value is -2.08. The Bertz CT molecular complexity index is 612. The van der Waals surface area contributed by atoms with Crippen LogP contribution in [0.4, 0.5) is 5.69 Å². The van der Waals surface area contributed by atoms with Gasteiger partial charge in [0.25, 0.3) is 5.91 Å². The zero-order chi connectivity index (χ0) is 14.5. The Morgan fingerprint density at radius 1 is 1.45 bits per heavy atom. The van der Waals surface area contributed by atoms with Crippen molar-refractivity contribution in [3.63, 3.8) is 0 Å². The Morgan fingerprint density at radius 3 is 2.90 bits per heavy atom. The number of carbonyl (C=O) groups is 1. The van der Waals surface area contributed by atoms with E-state index < -0.39 is 0 Å². The van der Waals surface area contributed by atoms with Crippen LogP contribution in [0.1, 0.15) is 22.1 Å². The maximum atomic E-state index is 12.1. The minimum atomic E-state index is -0.197. The second-order valence-electron chi connectivity index (χ2n) is 4.18. The summed E-state index contributed by atoms with van der Waals surface area (Å²) >= 11 is 5.91. The molecule has 2 N–H and O–H groups in total. The van der Waals surface area contributed by atoms with Crippen LogP contribution in [0.5, 0.6) is 0 Å². The molecule has 6 nitrogen and oxygen atoms in total. The maximum absolute atomic E-state index is 12.1. The first kappa shape index (κ1) is 14.3. The van der Waals surface area contributed by atoms with E-state index in [1.54, 1.807) is 32.2 Å². The highest BCUT2D eigenvalue weighted by Crippen LogP contribution is 2.20. The van der Waals surface area contributed by atoms with E-state index in [1.165, 1.54) is 0 Å². The van der Waals surface area contributed by atoms with E-state index >= 15 is 0 Å². The molecule has 0 spiro atoms. The Kier molecular flexibility index (Phi) is 4.57. The van der Waals surface area contributed by atoms with Crippen LogP contribution >= 0.6 is 11.6 Å². The lowest BCUT2D eigenvalue weighted by molar-refractivity contribution is 0.0954. The van der Waals surface area contributed by atoms with Gasteiger partial charge in [0.05, 0.1) is 5.56 Å². The van der Waals surface area contributed by atoms with Gasteiger partial charge in [-0.2, -0.15) is 4.98 Å². The number of anilines is 1. The summed E-state index contributed by atoms with van der Waals surface area (Å²) < 4.78 is 4.86. The van der Waals surface area contributed by atoms with Gasteiger partial charge in [-0.15, -0.1) is 0 Å². The van der Waals surface area contributed by atoms with E-state index in [0.29, 0.717) is 35.3 Å². The molecule has 1 amide bonds. The van der Waals surface area contributed by atoms with Gasteiger partial charge in [0, 0.05) is 37.6 Å². The summed E-state index contributed by atoms with van der Waals surface area (Å²) in [6, 6.07) is 5.12. The largest absolute Gasteiger partial charge is 0.387 e. The van der Waals surface area contributed by atoms with Crippen molar-refractivity contribution < 1.29 is 9.32 Å². The summed E-state index contributed by atoms with van der Waals surface area (Å²) in [5.41, 5.74) is 1.23. The maximum Gasteiger partial charge on any atom is 0.253 e. The van der Waals surface area contributed by atoms with Crippen LogP contribution in [-0.4, -0.2) is 29.6 Å². The standard InChI is InChI=1S/C13H15ClN4O2/c1-8-17-12(18-20-8)5-6-16-13(19)10-7-9(14)3-4-11(10)15-2/h3-4,7,15H,5-6H2,1-2H3,(H,16,19). The molecule has 0 saturated heterocycles. The number of hydrogen-bond donors (Lipinski definition) is 2. The second kappa shape index (κ2) is 6.38. The topological polar surface area (TPSA) is 80.0 Å². The molecule has 20 heavy (non-hydrogen) atoms. The van der Waals surface area contributed by atoms with Crippen molar-refractivity contribution in [2.45, 2.75) is 13.3 Å². The molecule has 2 aromatic rings. The van der Waals surface area contributed by atoms with Crippen molar-refractivity contribution in [2.75, 3.05) is 18.9 Å². The third-order valence-electron chi connectivity index (χ3n) is 2.70. The van der Waals surface area contributed by atoms with Crippen LogP contribution < -0.4 is 10.6 Å². The van der Waals surface area contributed by atoms with Gasteiger partial charge in [-0.1, -0.05) is 16.8 Å². The summed E-state index contributed by atoms with van der Waals surface area (Å²) in [5.74, 6) is 0.887. The highest BCUT2D eigenvalue weighted by Gasteiger charge is 2.11.